The van der Waals surface area contributed by atoms with E-state index in [2.05, 4.69) is 20.9 Å². The Morgan fingerprint density at radius 2 is 2.04 bits per heavy atom. The number of halogens is 1. The number of anilines is 1. The molecule has 3 rings (SSSR count). The topological polar surface area (TPSA) is 74.8 Å². The third kappa shape index (κ3) is 5.57. The fourth-order valence-electron chi connectivity index (χ4n) is 3.44. The minimum absolute atomic E-state index is 0. The molecule has 1 aromatic carbocycles. The number of guanidine groups is 1. The summed E-state index contributed by atoms with van der Waals surface area (Å²) in [5.74, 6) is 0.787. The zero-order valence-electron chi connectivity index (χ0n) is 14.7. The third-order valence-electron chi connectivity index (χ3n) is 4.63. The van der Waals surface area contributed by atoms with E-state index >= 15 is 0 Å². The van der Waals surface area contributed by atoms with Gasteiger partial charge >= 0.3 is 0 Å². The molecule has 3 N–H and O–H groups in total. The lowest BCUT2D eigenvalue weighted by atomic mass is 9.96. The molecule has 0 spiro atoms. The second-order valence-corrected chi connectivity index (χ2v) is 6.49. The Hall–Kier alpha value is -1.35. The molecule has 25 heavy (non-hydrogen) atoms. The van der Waals surface area contributed by atoms with Crippen molar-refractivity contribution in [2.75, 3.05) is 18.9 Å². The van der Waals surface area contributed by atoms with Crippen molar-refractivity contribution in [3.8, 4) is 0 Å². The summed E-state index contributed by atoms with van der Waals surface area (Å²) < 4.78 is 5.87. The molecule has 2 saturated heterocycles. The number of rotatable bonds is 5. The van der Waals surface area contributed by atoms with E-state index in [0.29, 0.717) is 18.2 Å². The highest BCUT2D eigenvalue weighted by Gasteiger charge is 2.41. The van der Waals surface area contributed by atoms with E-state index in [1.165, 1.54) is 18.9 Å². The van der Waals surface area contributed by atoms with Crippen LogP contribution in [0, 0.1) is 0 Å². The number of ether oxygens (including phenoxy) is 1. The van der Waals surface area contributed by atoms with Gasteiger partial charge in [0, 0.05) is 26.2 Å². The Morgan fingerprint density at radius 3 is 2.60 bits per heavy atom. The summed E-state index contributed by atoms with van der Waals surface area (Å²) in [5.41, 5.74) is 2.04. The molecule has 3 unspecified atom stereocenters. The number of carbonyl (C=O) groups excluding carboxylic acids is 1. The third-order valence-corrected chi connectivity index (χ3v) is 4.63. The maximum absolute atomic E-state index is 11.0. The van der Waals surface area contributed by atoms with Crippen molar-refractivity contribution in [3.05, 3.63) is 29.8 Å². The van der Waals surface area contributed by atoms with Crippen LogP contribution in [-0.2, 0) is 16.0 Å². The number of carbonyl (C=O) groups is 1. The second kappa shape index (κ2) is 9.38. The van der Waals surface area contributed by atoms with Gasteiger partial charge in [-0.15, -0.1) is 24.0 Å². The second-order valence-electron chi connectivity index (χ2n) is 6.49. The molecule has 2 fully saturated rings. The molecule has 0 saturated carbocycles. The van der Waals surface area contributed by atoms with Crippen LogP contribution in [0.4, 0.5) is 5.69 Å². The van der Waals surface area contributed by atoms with Gasteiger partial charge in [-0.2, -0.15) is 0 Å². The molecule has 7 heteroatoms. The van der Waals surface area contributed by atoms with Gasteiger partial charge in [-0.3, -0.25) is 9.79 Å². The van der Waals surface area contributed by atoms with Gasteiger partial charge in [-0.1, -0.05) is 12.1 Å². The molecule has 1 aromatic rings. The molecule has 1 amide bonds. The van der Waals surface area contributed by atoms with Crippen molar-refractivity contribution >= 4 is 41.5 Å². The van der Waals surface area contributed by atoms with Crippen molar-refractivity contribution in [2.24, 2.45) is 4.99 Å². The van der Waals surface area contributed by atoms with Crippen molar-refractivity contribution in [1.82, 2.24) is 10.6 Å². The maximum Gasteiger partial charge on any atom is 0.221 e. The quantitative estimate of drug-likeness (QED) is 0.360. The molecular formula is C18H27IN4O2. The van der Waals surface area contributed by atoms with E-state index < -0.39 is 0 Å². The first kappa shape index (κ1) is 20.0. The SMILES string of the molecule is CN=C(NCCc1ccc(NC(C)=O)cc1)NC1CC2CCC1O2.I. The van der Waals surface area contributed by atoms with Crippen LogP contribution in [0.3, 0.4) is 0 Å². The molecule has 0 aliphatic carbocycles. The molecule has 0 aromatic heterocycles. The van der Waals surface area contributed by atoms with Gasteiger partial charge in [0.1, 0.15) is 0 Å². The number of hydrogen-bond donors (Lipinski definition) is 3. The number of amides is 1. The van der Waals surface area contributed by atoms with Crippen LogP contribution in [0.1, 0.15) is 31.7 Å². The number of fused-ring (bicyclic) bond motifs is 2. The summed E-state index contributed by atoms with van der Waals surface area (Å²) in [4.78, 5) is 15.3. The van der Waals surface area contributed by atoms with Gasteiger partial charge in [0.2, 0.25) is 5.91 Å². The van der Waals surface area contributed by atoms with Crippen molar-refractivity contribution in [1.29, 1.82) is 0 Å². The van der Waals surface area contributed by atoms with Crippen LogP contribution in [0.5, 0.6) is 0 Å². The van der Waals surface area contributed by atoms with Gasteiger partial charge in [0.15, 0.2) is 5.96 Å². The summed E-state index contributed by atoms with van der Waals surface area (Å²) in [6.07, 6.45) is 5.11. The van der Waals surface area contributed by atoms with Crippen LogP contribution in [0.2, 0.25) is 0 Å². The molecule has 2 bridgehead atoms. The van der Waals surface area contributed by atoms with E-state index in [9.17, 15) is 4.79 Å². The van der Waals surface area contributed by atoms with E-state index in [0.717, 1.165) is 37.5 Å². The van der Waals surface area contributed by atoms with Crippen molar-refractivity contribution < 1.29 is 9.53 Å². The van der Waals surface area contributed by atoms with E-state index in [1.807, 2.05) is 24.3 Å². The number of benzene rings is 1. The van der Waals surface area contributed by atoms with Crippen molar-refractivity contribution in [3.63, 3.8) is 0 Å². The predicted molar refractivity (Wildman–Crippen MR) is 111 cm³/mol. The summed E-state index contributed by atoms with van der Waals surface area (Å²) in [6, 6.07) is 8.30. The molecule has 0 radical (unpaired) electrons. The van der Waals surface area contributed by atoms with Gasteiger partial charge in [-0.25, -0.2) is 0 Å². The van der Waals surface area contributed by atoms with E-state index in [4.69, 9.17) is 4.74 Å². The van der Waals surface area contributed by atoms with Crippen LogP contribution in [0.25, 0.3) is 0 Å². The average Bonchev–Trinajstić information content (AvgIpc) is 3.18. The summed E-state index contributed by atoms with van der Waals surface area (Å²) in [5, 5.41) is 9.62. The first-order valence-electron chi connectivity index (χ1n) is 8.63. The number of nitrogens with zero attached hydrogens (tertiary/aromatic N) is 1. The fourth-order valence-corrected chi connectivity index (χ4v) is 3.44. The smallest absolute Gasteiger partial charge is 0.221 e. The monoisotopic (exact) mass is 458 g/mol. The zero-order valence-corrected chi connectivity index (χ0v) is 17.1. The first-order chi connectivity index (χ1) is 11.6. The molecule has 2 aliphatic heterocycles. The average molecular weight is 458 g/mol. The minimum Gasteiger partial charge on any atom is -0.373 e. The van der Waals surface area contributed by atoms with Crippen LogP contribution in [0.15, 0.2) is 29.3 Å². The number of nitrogens with one attached hydrogen (secondary N) is 3. The summed E-state index contributed by atoms with van der Waals surface area (Å²) in [6.45, 7) is 2.32. The van der Waals surface area contributed by atoms with E-state index in [1.54, 1.807) is 7.05 Å². The Balaban J connectivity index is 0.00000225. The number of aliphatic imine (C=N–C) groups is 1. The largest absolute Gasteiger partial charge is 0.373 e. The molecule has 3 atom stereocenters. The lowest BCUT2D eigenvalue weighted by Gasteiger charge is -2.22. The highest BCUT2D eigenvalue weighted by Crippen LogP contribution is 2.34. The number of hydrogen-bond acceptors (Lipinski definition) is 3. The Bertz CT molecular complexity index is 606. The van der Waals surface area contributed by atoms with Crippen molar-refractivity contribution in [2.45, 2.75) is 50.9 Å². The first-order valence-corrected chi connectivity index (χ1v) is 8.63. The minimum atomic E-state index is -0.0520. The zero-order chi connectivity index (χ0) is 16.9. The molecule has 6 nitrogen and oxygen atoms in total. The maximum atomic E-state index is 11.0. The Kier molecular flexibility index (Phi) is 7.49. The molecule has 138 valence electrons. The Morgan fingerprint density at radius 1 is 1.28 bits per heavy atom. The van der Waals surface area contributed by atoms with Gasteiger partial charge in [0.05, 0.1) is 18.2 Å². The summed E-state index contributed by atoms with van der Waals surface area (Å²) in [7, 11) is 1.80. The van der Waals surface area contributed by atoms with Crippen LogP contribution >= 0.6 is 24.0 Å². The Labute approximate surface area is 166 Å². The van der Waals surface area contributed by atoms with Gasteiger partial charge in [-0.05, 0) is 43.4 Å². The van der Waals surface area contributed by atoms with Crippen LogP contribution < -0.4 is 16.0 Å². The standard InChI is InChI=1S/C18H26N4O2.HI/c1-12(23)21-14-5-3-13(4-6-14)9-10-20-18(19-2)22-16-11-15-7-8-17(16)24-15;/h3-6,15-17H,7-11H2,1-2H3,(H,21,23)(H2,19,20,22);1H. The highest BCUT2D eigenvalue weighted by molar-refractivity contribution is 14.0. The van der Waals surface area contributed by atoms with E-state index in [-0.39, 0.29) is 29.9 Å². The lowest BCUT2D eigenvalue weighted by molar-refractivity contribution is -0.114. The summed E-state index contributed by atoms with van der Waals surface area (Å²) >= 11 is 0. The van der Waals surface area contributed by atoms with Crippen LogP contribution in [-0.4, -0.2) is 43.7 Å². The van der Waals surface area contributed by atoms with Gasteiger partial charge in [0.25, 0.3) is 0 Å². The molecule has 2 heterocycles. The fraction of sp³-hybridized carbons (Fsp3) is 0.556. The normalized spacial score (nSPS) is 24.6. The highest BCUT2D eigenvalue weighted by atomic mass is 127. The molecular weight excluding hydrogens is 431 g/mol. The van der Waals surface area contributed by atoms with Gasteiger partial charge < -0.3 is 20.7 Å². The lowest BCUT2D eigenvalue weighted by Crippen LogP contribution is -2.47. The molecule has 2 aliphatic rings. The predicted octanol–water partition coefficient (Wildman–Crippen LogP) is 2.29.